The predicted molar refractivity (Wildman–Crippen MR) is 102 cm³/mol. The first kappa shape index (κ1) is 19.5. The molecule has 1 atom stereocenters. The van der Waals surface area contributed by atoms with Crippen LogP contribution in [0.5, 0.6) is 5.75 Å². The van der Waals surface area contributed by atoms with Crippen LogP contribution in [0.25, 0.3) is 0 Å². The molecular formula is C19H32N4O2. The molecule has 1 aliphatic rings. The molecule has 0 spiro atoms. The number of carbonyl (C=O) groups is 1. The van der Waals surface area contributed by atoms with Crippen LogP contribution in [-0.2, 0) is 0 Å². The van der Waals surface area contributed by atoms with Gasteiger partial charge in [0.1, 0.15) is 5.75 Å². The van der Waals surface area contributed by atoms with E-state index in [1.54, 1.807) is 0 Å². The number of nitrogens with zero attached hydrogens (tertiary/aromatic N) is 2. The van der Waals surface area contributed by atoms with Gasteiger partial charge in [0.2, 0.25) is 0 Å². The minimum absolute atomic E-state index is 0.170. The molecule has 6 heteroatoms. The van der Waals surface area contributed by atoms with E-state index < -0.39 is 0 Å². The van der Waals surface area contributed by atoms with Crippen LogP contribution in [0, 0.1) is 12.8 Å². The highest BCUT2D eigenvalue weighted by Crippen LogP contribution is 2.22. The highest BCUT2D eigenvalue weighted by atomic mass is 16.5. The quantitative estimate of drug-likeness (QED) is 0.794. The highest BCUT2D eigenvalue weighted by molar-refractivity contribution is 5.89. The van der Waals surface area contributed by atoms with Crippen molar-refractivity contribution in [2.24, 2.45) is 5.92 Å². The Morgan fingerprint density at radius 2 is 2.00 bits per heavy atom. The predicted octanol–water partition coefficient (Wildman–Crippen LogP) is 2.40. The van der Waals surface area contributed by atoms with Gasteiger partial charge >= 0.3 is 6.03 Å². The molecule has 1 fully saturated rings. The van der Waals surface area contributed by atoms with Gasteiger partial charge in [-0.05, 0) is 38.4 Å². The number of hydrogen-bond acceptors (Lipinski definition) is 4. The van der Waals surface area contributed by atoms with Crippen molar-refractivity contribution in [2.75, 3.05) is 58.2 Å². The van der Waals surface area contributed by atoms with E-state index in [9.17, 15) is 4.79 Å². The lowest BCUT2D eigenvalue weighted by Gasteiger charge is -2.33. The molecule has 140 valence electrons. The van der Waals surface area contributed by atoms with Gasteiger partial charge in [-0.25, -0.2) is 4.79 Å². The van der Waals surface area contributed by atoms with Crippen molar-refractivity contribution in [1.82, 2.24) is 15.1 Å². The Balaban J connectivity index is 1.73. The fraction of sp³-hybridized carbons (Fsp3) is 0.632. The maximum atomic E-state index is 12.1. The zero-order chi connectivity index (χ0) is 18.2. The van der Waals surface area contributed by atoms with Crippen LogP contribution >= 0.6 is 0 Å². The molecular weight excluding hydrogens is 316 g/mol. The number of ether oxygens (including phenoxy) is 1. The Morgan fingerprint density at radius 1 is 1.28 bits per heavy atom. The Morgan fingerprint density at radius 3 is 2.68 bits per heavy atom. The number of rotatable bonds is 7. The summed E-state index contributed by atoms with van der Waals surface area (Å²) in [7, 11) is 2.16. The van der Waals surface area contributed by atoms with Gasteiger partial charge in [0.05, 0.1) is 6.61 Å². The number of piperazine rings is 1. The molecule has 0 unspecified atom stereocenters. The van der Waals surface area contributed by atoms with Crippen LogP contribution in [-0.4, -0.2) is 68.8 Å². The van der Waals surface area contributed by atoms with E-state index in [1.807, 2.05) is 32.0 Å². The summed E-state index contributed by atoms with van der Waals surface area (Å²) in [6, 6.07) is 5.55. The highest BCUT2D eigenvalue weighted by Gasteiger charge is 2.16. The Hall–Kier alpha value is -1.79. The largest absolute Gasteiger partial charge is 0.494 e. The molecule has 6 nitrogen and oxygen atoms in total. The maximum absolute atomic E-state index is 12.1. The van der Waals surface area contributed by atoms with Crippen molar-refractivity contribution in [3.8, 4) is 5.75 Å². The zero-order valence-electron chi connectivity index (χ0n) is 16.0. The number of benzene rings is 1. The number of carbonyl (C=O) groups excluding carboxylic acids is 1. The molecule has 2 rings (SSSR count). The number of anilines is 1. The summed E-state index contributed by atoms with van der Waals surface area (Å²) in [5.74, 6) is 1.23. The fourth-order valence-electron chi connectivity index (χ4n) is 2.97. The second kappa shape index (κ2) is 9.63. The molecule has 25 heavy (non-hydrogen) atoms. The Bertz CT molecular complexity index is 556. The summed E-state index contributed by atoms with van der Waals surface area (Å²) < 4.78 is 5.57. The number of hydrogen-bond donors (Lipinski definition) is 2. The lowest BCUT2D eigenvalue weighted by atomic mass is 10.1. The normalized spacial score (nSPS) is 17.1. The summed E-state index contributed by atoms with van der Waals surface area (Å²) in [6.07, 6.45) is 0. The van der Waals surface area contributed by atoms with Gasteiger partial charge in [-0.1, -0.05) is 13.0 Å². The Labute approximate surface area is 151 Å². The van der Waals surface area contributed by atoms with Gasteiger partial charge in [0.15, 0.2) is 0 Å². The van der Waals surface area contributed by atoms with Gasteiger partial charge in [0.25, 0.3) is 0 Å². The molecule has 1 aromatic rings. The topological polar surface area (TPSA) is 56.8 Å². The van der Waals surface area contributed by atoms with E-state index in [4.69, 9.17) is 4.74 Å². The van der Waals surface area contributed by atoms with Crippen LogP contribution < -0.4 is 15.4 Å². The van der Waals surface area contributed by atoms with Crippen molar-refractivity contribution in [1.29, 1.82) is 0 Å². The van der Waals surface area contributed by atoms with E-state index in [0.717, 1.165) is 49.7 Å². The van der Waals surface area contributed by atoms with E-state index in [1.165, 1.54) is 0 Å². The first-order valence-electron chi connectivity index (χ1n) is 9.17. The monoisotopic (exact) mass is 348 g/mol. The van der Waals surface area contributed by atoms with Crippen molar-refractivity contribution < 1.29 is 9.53 Å². The average Bonchev–Trinajstić information content (AvgIpc) is 2.58. The summed E-state index contributed by atoms with van der Waals surface area (Å²) >= 11 is 0. The summed E-state index contributed by atoms with van der Waals surface area (Å²) in [5.41, 5.74) is 1.81. The number of nitrogens with one attached hydrogen (secondary N) is 2. The zero-order valence-corrected chi connectivity index (χ0v) is 16.0. The second-order valence-corrected chi connectivity index (χ2v) is 6.96. The third-order valence-electron chi connectivity index (χ3n) is 4.52. The molecule has 0 radical (unpaired) electrons. The summed E-state index contributed by atoms with van der Waals surface area (Å²) in [4.78, 5) is 16.9. The van der Waals surface area contributed by atoms with Gasteiger partial charge in [-0.3, -0.25) is 0 Å². The van der Waals surface area contributed by atoms with Gasteiger partial charge in [0, 0.05) is 51.0 Å². The van der Waals surface area contributed by atoms with Crippen LogP contribution in [0.1, 0.15) is 19.4 Å². The molecule has 2 amide bonds. The van der Waals surface area contributed by atoms with Crippen molar-refractivity contribution in [3.63, 3.8) is 0 Å². The third-order valence-corrected chi connectivity index (χ3v) is 4.52. The molecule has 1 aliphatic heterocycles. The van der Waals surface area contributed by atoms with Crippen molar-refractivity contribution >= 4 is 11.7 Å². The fourth-order valence-corrected chi connectivity index (χ4v) is 2.97. The number of amides is 2. The standard InChI is InChI=1S/C19H32N4O2/c1-5-25-18-12-17(7-6-16(18)3)21-19(24)20-13-15(2)14-23-10-8-22(4)9-11-23/h6-7,12,15H,5,8-11,13-14H2,1-4H3,(H2,20,21,24)/t15-/m1/s1. The van der Waals surface area contributed by atoms with E-state index in [0.29, 0.717) is 19.1 Å². The van der Waals surface area contributed by atoms with Gasteiger partial charge < -0.3 is 25.2 Å². The smallest absolute Gasteiger partial charge is 0.319 e. The first-order chi connectivity index (χ1) is 12.0. The van der Waals surface area contributed by atoms with Crippen LogP contribution in [0.2, 0.25) is 0 Å². The molecule has 0 saturated carbocycles. The molecule has 1 heterocycles. The molecule has 1 saturated heterocycles. The van der Waals surface area contributed by atoms with E-state index >= 15 is 0 Å². The van der Waals surface area contributed by atoms with E-state index in [-0.39, 0.29) is 6.03 Å². The Kier molecular flexibility index (Phi) is 7.52. The molecule has 0 aromatic heterocycles. The van der Waals surface area contributed by atoms with Crippen molar-refractivity contribution in [3.05, 3.63) is 23.8 Å². The van der Waals surface area contributed by atoms with Gasteiger partial charge in [-0.2, -0.15) is 0 Å². The first-order valence-corrected chi connectivity index (χ1v) is 9.17. The lowest BCUT2D eigenvalue weighted by molar-refractivity contribution is 0.138. The maximum Gasteiger partial charge on any atom is 0.319 e. The molecule has 0 aliphatic carbocycles. The third kappa shape index (κ3) is 6.55. The number of urea groups is 1. The summed E-state index contributed by atoms with van der Waals surface area (Å²) in [6.45, 7) is 12.9. The second-order valence-electron chi connectivity index (χ2n) is 6.96. The van der Waals surface area contributed by atoms with Crippen LogP contribution in [0.3, 0.4) is 0 Å². The average molecular weight is 348 g/mol. The molecule has 1 aromatic carbocycles. The van der Waals surface area contributed by atoms with Gasteiger partial charge in [-0.15, -0.1) is 0 Å². The summed E-state index contributed by atoms with van der Waals surface area (Å²) in [5, 5.41) is 5.85. The van der Waals surface area contributed by atoms with Crippen LogP contribution in [0.4, 0.5) is 10.5 Å². The number of aryl methyl sites for hydroxylation is 1. The van der Waals surface area contributed by atoms with Crippen LogP contribution in [0.15, 0.2) is 18.2 Å². The van der Waals surface area contributed by atoms with E-state index in [2.05, 4.69) is 34.4 Å². The number of likely N-dealkylation sites (N-methyl/N-ethyl adjacent to an activating group) is 1. The lowest BCUT2D eigenvalue weighted by Crippen LogP contribution is -2.47. The minimum Gasteiger partial charge on any atom is -0.494 e. The minimum atomic E-state index is -0.170. The molecule has 2 N–H and O–H groups in total. The van der Waals surface area contributed by atoms with Crippen molar-refractivity contribution in [2.45, 2.75) is 20.8 Å². The molecule has 0 bridgehead atoms. The SMILES string of the molecule is CCOc1cc(NC(=O)NC[C@@H](C)CN2CCN(C)CC2)ccc1C.